The monoisotopic (exact) mass is 204 g/mol. The van der Waals surface area contributed by atoms with Gasteiger partial charge in [-0.2, -0.15) is 5.26 Å². The number of ether oxygens (including phenoxy) is 1. The first-order valence-corrected chi connectivity index (χ1v) is 4.95. The van der Waals surface area contributed by atoms with Crippen molar-refractivity contribution in [3.8, 4) is 11.8 Å². The summed E-state index contributed by atoms with van der Waals surface area (Å²) in [5.41, 5.74) is 2.33. The summed E-state index contributed by atoms with van der Waals surface area (Å²) in [4.78, 5) is 0. The zero-order valence-corrected chi connectivity index (χ0v) is 9.37. The highest BCUT2D eigenvalue weighted by molar-refractivity contribution is 5.38. The molecule has 0 bridgehead atoms. The number of nitriles is 1. The Balaban J connectivity index is 2.66. The predicted octanol–water partition coefficient (Wildman–Crippen LogP) is 1.79. The van der Waals surface area contributed by atoms with Gasteiger partial charge in [0.1, 0.15) is 18.4 Å². The molecule has 0 aromatic heterocycles. The van der Waals surface area contributed by atoms with Gasteiger partial charge < -0.3 is 10.1 Å². The number of benzene rings is 1. The molecule has 0 amide bonds. The zero-order valence-electron chi connectivity index (χ0n) is 9.37. The van der Waals surface area contributed by atoms with E-state index in [2.05, 4.69) is 11.4 Å². The molecule has 0 aliphatic heterocycles. The largest absolute Gasteiger partial charge is 0.491 e. The average molecular weight is 204 g/mol. The van der Waals surface area contributed by atoms with Gasteiger partial charge in [-0.1, -0.05) is 12.1 Å². The molecule has 0 aliphatic carbocycles. The third kappa shape index (κ3) is 2.97. The Morgan fingerprint density at radius 3 is 2.80 bits per heavy atom. The highest BCUT2D eigenvalue weighted by atomic mass is 16.5. The summed E-state index contributed by atoms with van der Waals surface area (Å²) in [6.07, 6.45) is 0. The Bertz CT molecular complexity index is 368. The SMILES string of the molecule is CNC(C#N)COc1cccc(C)c1C. The van der Waals surface area contributed by atoms with E-state index < -0.39 is 0 Å². The van der Waals surface area contributed by atoms with E-state index in [-0.39, 0.29) is 6.04 Å². The Labute approximate surface area is 90.7 Å². The molecule has 1 aromatic carbocycles. The first-order chi connectivity index (χ1) is 7.19. The van der Waals surface area contributed by atoms with Crippen molar-refractivity contribution in [3.63, 3.8) is 0 Å². The Hall–Kier alpha value is -1.53. The molecular formula is C12H16N2O. The second-order valence-corrected chi connectivity index (χ2v) is 3.48. The van der Waals surface area contributed by atoms with Gasteiger partial charge in [0.05, 0.1) is 6.07 Å². The number of aryl methyl sites for hydroxylation is 1. The minimum absolute atomic E-state index is 0.259. The van der Waals surface area contributed by atoms with Crippen LogP contribution in [0.25, 0.3) is 0 Å². The molecule has 15 heavy (non-hydrogen) atoms. The van der Waals surface area contributed by atoms with Crippen LogP contribution in [0.2, 0.25) is 0 Å². The van der Waals surface area contributed by atoms with Crippen LogP contribution >= 0.6 is 0 Å². The van der Waals surface area contributed by atoms with Crippen molar-refractivity contribution in [2.45, 2.75) is 19.9 Å². The van der Waals surface area contributed by atoms with Gasteiger partial charge in [-0.05, 0) is 38.1 Å². The lowest BCUT2D eigenvalue weighted by molar-refractivity contribution is 0.293. The zero-order chi connectivity index (χ0) is 11.3. The maximum atomic E-state index is 8.74. The fourth-order valence-electron chi connectivity index (χ4n) is 1.24. The van der Waals surface area contributed by atoms with Gasteiger partial charge in [0.25, 0.3) is 0 Å². The summed E-state index contributed by atoms with van der Waals surface area (Å²) in [6, 6.07) is 7.78. The maximum absolute atomic E-state index is 8.74. The van der Waals surface area contributed by atoms with Crippen LogP contribution in [0.1, 0.15) is 11.1 Å². The fraction of sp³-hybridized carbons (Fsp3) is 0.417. The van der Waals surface area contributed by atoms with Crippen LogP contribution in [-0.4, -0.2) is 19.7 Å². The van der Waals surface area contributed by atoms with Crippen molar-refractivity contribution in [1.82, 2.24) is 5.32 Å². The first kappa shape index (κ1) is 11.5. The molecule has 1 aromatic rings. The van der Waals surface area contributed by atoms with E-state index in [1.807, 2.05) is 32.0 Å². The lowest BCUT2D eigenvalue weighted by atomic mass is 10.1. The van der Waals surface area contributed by atoms with E-state index in [0.29, 0.717) is 6.61 Å². The van der Waals surface area contributed by atoms with E-state index in [1.165, 1.54) is 5.56 Å². The summed E-state index contributed by atoms with van der Waals surface area (Å²) < 4.78 is 5.58. The molecule has 1 unspecified atom stereocenters. The molecule has 0 saturated heterocycles. The number of hydrogen-bond donors (Lipinski definition) is 1. The fourth-order valence-corrected chi connectivity index (χ4v) is 1.24. The molecule has 1 rings (SSSR count). The third-order valence-electron chi connectivity index (χ3n) is 2.46. The predicted molar refractivity (Wildman–Crippen MR) is 59.9 cm³/mol. The minimum Gasteiger partial charge on any atom is -0.491 e. The second kappa shape index (κ2) is 5.38. The molecule has 3 nitrogen and oxygen atoms in total. The van der Waals surface area contributed by atoms with Crippen LogP contribution in [0.3, 0.4) is 0 Å². The summed E-state index contributed by atoms with van der Waals surface area (Å²) in [7, 11) is 1.75. The van der Waals surface area contributed by atoms with E-state index in [9.17, 15) is 0 Å². The summed E-state index contributed by atoms with van der Waals surface area (Å²) >= 11 is 0. The van der Waals surface area contributed by atoms with E-state index >= 15 is 0 Å². The van der Waals surface area contributed by atoms with Crippen molar-refractivity contribution in [3.05, 3.63) is 29.3 Å². The molecule has 0 heterocycles. The smallest absolute Gasteiger partial charge is 0.129 e. The number of nitrogens with zero attached hydrogens (tertiary/aromatic N) is 1. The van der Waals surface area contributed by atoms with Crippen LogP contribution in [0.15, 0.2) is 18.2 Å². The van der Waals surface area contributed by atoms with E-state index in [1.54, 1.807) is 7.05 Å². The number of hydrogen-bond acceptors (Lipinski definition) is 3. The van der Waals surface area contributed by atoms with Crippen molar-refractivity contribution in [1.29, 1.82) is 5.26 Å². The molecule has 1 N–H and O–H groups in total. The molecule has 0 fully saturated rings. The first-order valence-electron chi connectivity index (χ1n) is 4.95. The molecule has 3 heteroatoms. The normalized spacial score (nSPS) is 11.9. The molecule has 0 saturated carbocycles. The van der Waals surface area contributed by atoms with Crippen LogP contribution in [0.5, 0.6) is 5.75 Å². The van der Waals surface area contributed by atoms with E-state index in [4.69, 9.17) is 10.00 Å². The third-order valence-corrected chi connectivity index (χ3v) is 2.46. The maximum Gasteiger partial charge on any atom is 0.129 e. The van der Waals surface area contributed by atoms with Crippen molar-refractivity contribution >= 4 is 0 Å². The second-order valence-electron chi connectivity index (χ2n) is 3.48. The van der Waals surface area contributed by atoms with Gasteiger partial charge >= 0.3 is 0 Å². The summed E-state index contributed by atoms with van der Waals surface area (Å²) in [6.45, 7) is 4.44. The summed E-state index contributed by atoms with van der Waals surface area (Å²) in [5, 5.41) is 11.6. The Morgan fingerprint density at radius 1 is 1.47 bits per heavy atom. The number of rotatable bonds is 4. The number of likely N-dealkylation sites (N-methyl/N-ethyl adjacent to an activating group) is 1. The topological polar surface area (TPSA) is 45.0 Å². The molecular weight excluding hydrogens is 188 g/mol. The molecule has 1 atom stereocenters. The van der Waals surface area contributed by atoms with Gasteiger partial charge in [-0.15, -0.1) is 0 Å². The molecule has 0 aliphatic rings. The quantitative estimate of drug-likeness (QED) is 0.813. The van der Waals surface area contributed by atoms with Crippen LogP contribution in [0, 0.1) is 25.2 Å². The Kier molecular flexibility index (Phi) is 4.14. The highest BCUT2D eigenvalue weighted by Gasteiger charge is 2.06. The van der Waals surface area contributed by atoms with Gasteiger partial charge in [-0.3, -0.25) is 0 Å². The lowest BCUT2D eigenvalue weighted by Gasteiger charge is -2.13. The summed E-state index contributed by atoms with van der Waals surface area (Å²) in [5.74, 6) is 0.852. The average Bonchev–Trinajstić information content (AvgIpc) is 2.25. The van der Waals surface area contributed by atoms with Crippen LogP contribution < -0.4 is 10.1 Å². The van der Waals surface area contributed by atoms with Gasteiger partial charge in [0, 0.05) is 0 Å². The van der Waals surface area contributed by atoms with Crippen molar-refractivity contribution < 1.29 is 4.74 Å². The number of nitrogens with one attached hydrogen (secondary N) is 1. The van der Waals surface area contributed by atoms with Crippen molar-refractivity contribution in [2.75, 3.05) is 13.7 Å². The lowest BCUT2D eigenvalue weighted by Crippen LogP contribution is -2.30. The van der Waals surface area contributed by atoms with Gasteiger partial charge in [0.15, 0.2) is 0 Å². The van der Waals surface area contributed by atoms with Crippen molar-refractivity contribution in [2.24, 2.45) is 0 Å². The van der Waals surface area contributed by atoms with Crippen LogP contribution in [0.4, 0.5) is 0 Å². The van der Waals surface area contributed by atoms with E-state index in [0.717, 1.165) is 11.3 Å². The van der Waals surface area contributed by atoms with Gasteiger partial charge in [-0.25, -0.2) is 0 Å². The van der Waals surface area contributed by atoms with Gasteiger partial charge in [0.2, 0.25) is 0 Å². The standard InChI is InChI=1S/C12H16N2O/c1-9-5-4-6-12(10(9)2)15-8-11(7-13)14-3/h4-6,11,14H,8H2,1-3H3. The molecule has 0 radical (unpaired) electrons. The Morgan fingerprint density at radius 2 is 2.20 bits per heavy atom. The minimum atomic E-state index is -0.259. The van der Waals surface area contributed by atoms with Crippen LogP contribution in [-0.2, 0) is 0 Å². The molecule has 0 spiro atoms. The molecule has 80 valence electrons. The highest BCUT2D eigenvalue weighted by Crippen LogP contribution is 2.20.